The van der Waals surface area contributed by atoms with Gasteiger partial charge >= 0.3 is 0 Å². The van der Waals surface area contributed by atoms with Gasteiger partial charge in [0.25, 0.3) is 0 Å². The van der Waals surface area contributed by atoms with E-state index in [2.05, 4.69) is 16.2 Å². The number of aryl methyl sites for hydroxylation is 1. The van der Waals surface area contributed by atoms with E-state index in [1.165, 1.54) is 0 Å². The summed E-state index contributed by atoms with van der Waals surface area (Å²) in [7, 11) is 0. The molecule has 0 unspecified atom stereocenters. The monoisotopic (exact) mass is 184 g/mol. The number of nitrogens with zero attached hydrogens (tertiary/aromatic N) is 4. The van der Waals surface area contributed by atoms with Crippen molar-refractivity contribution >= 4 is 0 Å². The van der Waals surface area contributed by atoms with Gasteiger partial charge in [0.1, 0.15) is 11.8 Å². The van der Waals surface area contributed by atoms with Gasteiger partial charge < -0.3 is 0 Å². The van der Waals surface area contributed by atoms with Crippen LogP contribution in [0.25, 0.3) is 5.69 Å². The molecule has 0 aliphatic rings. The zero-order chi connectivity index (χ0) is 9.97. The van der Waals surface area contributed by atoms with Crippen molar-refractivity contribution in [1.82, 2.24) is 14.8 Å². The number of pyridine rings is 1. The first-order valence-electron chi connectivity index (χ1n) is 4.17. The van der Waals surface area contributed by atoms with Gasteiger partial charge in [-0.3, -0.25) is 4.98 Å². The summed E-state index contributed by atoms with van der Waals surface area (Å²) in [6, 6.07) is 3.78. The Kier molecular flexibility index (Phi) is 1.99. The van der Waals surface area contributed by atoms with Crippen LogP contribution in [0.4, 0.5) is 0 Å². The Morgan fingerprint density at radius 3 is 2.93 bits per heavy atom. The van der Waals surface area contributed by atoms with Crippen molar-refractivity contribution in [2.75, 3.05) is 0 Å². The highest BCUT2D eigenvalue weighted by atomic mass is 15.3. The van der Waals surface area contributed by atoms with E-state index < -0.39 is 0 Å². The lowest BCUT2D eigenvalue weighted by atomic mass is 10.2. The van der Waals surface area contributed by atoms with Gasteiger partial charge in [0, 0.05) is 12.4 Å². The molecule has 4 nitrogen and oxygen atoms in total. The largest absolute Gasteiger partial charge is 0.262 e. The Hall–Kier alpha value is -2.15. The minimum absolute atomic E-state index is 0.572. The van der Waals surface area contributed by atoms with Crippen molar-refractivity contribution in [2.45, 2.75) is 6.92 Å². The Morgan fingerprint density at radius 1 is 1.43 bits per heavy atom. The number of hydrogen-bond acceptors (Lipinski definition) is 3. The number of hydrogen-bond donors (Lipinski definition) is 0. The summed E-state index contributed by atoms with van der Waals surface area (Å²) in [5.41, 5.74) is 2.34. The fourth-order valence-electron chi connectivity index (χ4n) is 1.21. The second-order valence-electron chi connectivity index (χ2n) is 2.97. The van der Waals surface area contributed by atoms with Gasteiger partial charge in [0.2, 0.25) is 0 Å². The van der Waals surface area contributed by atoms with Crippen LogP contribution < -0.4 is 0 Å². The molecule has 0 aromatic carbocycles. The topological polar surface area (TPSA) is 54.5 Å². The first-order valence-corrected chi connectivity index (χ1v) is 4.17. The van der Waals surface area contributed by atoms with E-state index in [0.717, 1.165) is 5.56 Å². The van der Waals surface area contributed by atoms with Gasteiger partial charge in [-0.25, -0.2) is 4.68 Å². The van der Waals surface area contributed by atoms with Gasteiger partial charge in [-0.2, -0.15) is 10.4 Å². The molecule has 0 N–H and O–H groups in total. The molecule has 0 bridgehead atoms. The van der Waals surface area contributed by atoms with E-state index in [4.69, 9.17) is 5.26 Å². The maximum Gasteiger partial charge on any atom is 0.102 e. The Labute approximate surface area is 81.4 Å². The van der Waals surface area contributed by atoms with Gasteiger partial charge in [-0.15, -0.1) is 0 Å². The minimum Gasteiger partial charge on any atom is -0.262 e. The zero-order valence-corrected chi connectivity index (χ0v) is 7.68. The molecule has 2 heterocycles. The molecule has 0 fully saturated rings. The molecular weight excluding hydrogens is 176 g/mol. The standard InChI is InChI=1S/C10H8N4/c1-8-5-13-14(7-8)10-6-12-3-2-9(10)4-11/h2-3,5-7H,1H3. The average molecular weight is 184 g/mol. The number of nitriles is 1. The van der Waals surface area contributed by atoms with Gasteiger partial charge in [-0.1, -0.05) is 0 Å². The van der Waals surface area contributed by atoms with E-state index in [0.29, 0.717) is 11.3 Å². The Bertz CT molecular complexity index is 493. The van der Waals surface area contributed by atoms with Crippen LogP contribution in [0.1, 0.15) is 11.1 Å². The third-order valence-electron chi connectivity index (χ3n) is 1.88. The summed E-state index contributed by atoms with van der Waals surface area (Å²) < 4.78 is 1.65. The van der Waals surface area contributed by atoms with Crippen LogP contribution in [-0.4, -0.2) is 14.8 Å². The molecule has 0 amide bonds. The highest BCUT2D eigenvalue weighted by Gasteiger charge is 2.04. The smallest absolute Gasteiger partial charge is 0.102 e. The van der Waals surface area contributed by atoms with Crippen molar-refractivity contribution in [3.05, 3.63) is 42.0 Å². The van der Waals surface area contributed by atoms with E-state index in [1.807, 2.05) is 13.1 Å². The average Bonchev–Trinajstić information content (AvgIpc) is 2.65. The lowest BCUT2D eigenvalue weighted by molar-refractivity contribution is 0.870. The fraction of sp³-hybridized carbons (Fsp3) is 0.100. The quantitative estimate of drug-likeness (QED) is 0.674. The van der Waals surface area contributed by atoms with Gasteiger partial charge in [0.05, 0.1) is 18.0 Å². The second kappa shape index (κ2) is 3.30. The predicted molar refractivity (Wildman–Crippen MR) is 50.8 cm³/mol. The van der Waals surface area contributed by atoms with E-state index in [1.54, 1.807) is 29.3 Å². The molecule has 2 aromatic rings. The molecular formula is C10H8N4. The second-order valence-corrected chi connectivity index (χ2v) is 2.97. The molecule has 68 valence electrons. The first-order chi connectivity index (χ1) is 6.81. The summed E-state index contributed by atoms with van der Waals surface area (Å²) in [6.45, 7) is 1.95. The lowest BCUT2D eigenvalue weighted by Crippen LogP contribution is -1.98. The van der Waals surface area contributed by atoms with Crippen molar-refractivity contribution < 1.29 is 0 Å². The predicted octanol–water partition coefficient (Wildman–Crippen LogP) is 1.45. The summed E-state index contributed by atoms with van der Waals surface area (Å²) in [4.78, 5) is 3.97. The summed E-state index contributed by atoms with van der Waals surface area (Å²) in [5.74, 6) is 0. The fourth-order valence-corrected chi connectivity index (χ4v) is 1.21. The molecule has 0 saturated heterocycles. The third-order valence-corrected chi connectivity index (χ3v) is 1.88. The van der Waals surface area contributed by atoms with Crippen LogP contribution >= 0.6 is 0 Å². The Morgan fingerprint density at radius 2 is 2.29 bits per heavy atom. The highest BCUT2D eigenvalue weighted by molar-refractivity contribution is 5.45. The van der Waals surface area contributed by atoms with Crippen LogP contribution in [0.5, 0.6) is 0 Å². The van der Waals surface area contributed by atoms with E-state index in [-0.39, 0.29) is 0 Å². The number of aromatic nitrogens is 3. The molecule has 0 radical (unpaired) electrons. The number of rotatable bonds is 1. The molecule has 0 atom stereocenters. The van der Waals surface area contributed by atoms with Crippen LogP contribution in [0.15, 0.2) is 30.9 Å². The molecule has 4 heteroatoms. The van der Waals surface area contributed by atoms with Crippen molar-refractivity contribution in [2.24, 2.45) is 0 Å². The highest BCUT2D eigenvalue weighted by Crippen LogP contribution is 2.11. The Balaban J connectivity index is 2.57. The van der Waals surface area contributed by atoms with Gasteiger partial charge in [0.15, 0.2) is 0 Å². The molecule has 0 aliphatic heterocycles. The maximum absolute atomic E-state index is 8.87. The van der Waals surface area contributed by atoms with Crippen LogP contribution in [0.3, 0.4) is 0 Å². The van der Waals surface area contributed by atoms with Crippen molar-refractivity contribution in [3.63, 3.8) is 0 Å². The summed E-state index contributed by atoms with van der Waals surface area (Å²) in [6.07, 6.45) is 6.83. The molecule has 0 aliphatic carbocycles. The van der Waals surface area contributed by atoms with Crippen molar-refractivity contribution in [3.8, 4) is 11.8 Å². The van der Waals surface area contributed by atoms with Gasteiger partial charge in [-0.05, 0) is 18.6 Å². The SMILES string of the molecule is Cc1cnn(-c2cnccc2C#N)c1. The van der Waals surface area contributed by atoms with Crippen molar-refractivity contribution in [1.29, 1.82) is 5.26 Å². The van der Waals surface area contributed by atoms with E-state index in [9.17, 15) is 0 Å². The molecule has 2 aromatic heterocycles. The minimum atomic E-state index is 0.572. The lowest BCUT2D eigenvalue weighted by Gasteiger charge is -2.01. The van der Waals surface area contributed by atoms with Crippen LogP contribution in [-0.2, 0) is 0 Å². The maximum atomic E-state index is 8.87. The summed E-state index contributed by atoms with van der Waals surface area (Å²) >= 11 is 0. The van der Waals surface area contributed by atoms with Crippen LogP contribution in [0.2, 0.25) is 0 Å². The third kappa shape index (κ3) is 1.36. The normalized spacial score (nSPS) is 9.71. The molecule has 14 heavy (non-hydrogen) atoms. The molecule has 2 rings (SSSR count). The zero-order valence-electron chi connectivity index (χ0n) is 7.68. The van der Waals surface area contributed by atoms with Crippen LogP contribution in [0, 0.1) is 18.3 Å². The molecule has 0 spiro atoms. The molecule has 0 saturated carbocycles. The van der Waals surface area contributed by atoms with E-state index >= 15 is 0 Å². The first kappa shape index (κ1) is 8.45. The summed E-state index contributed by atoms with van der Waals surface area (Å²) in [5, 5.41) is 13.0.